The highest BCUT2D eigenvalue weighted by Gasteiger charge is 2.11. The average Bonchev–Trinajstić information content (AvgIpc) is 3.00. The first-order chi connectivity index (χ1) is 9.79. The third-order valence-electron chi connectivity index (χ3n) is 3.84. The van der Waals surface area contributed by atoms with Crippen LogP contribution in [0.5, 0.6) is 5.75 Å². The van der Waals surface area contributed by atoms with Crippen molar-refractivity contribution in [2.75, 3.05) is 39.8 Å². The van der Waals surface area contributed by atoms with Crippen molar-refractivity contribution in [3.8, 4) is 5.75 Å². The topological polar surface area (TPSA) is 44.7 Å². The van der Waals surface area contributed by atoms with Gasteiger partial charge in [0.05, 0.1) is 13.2 Å². The van der Waals surface area contributed by atoms with Gasteiger partial charge < -0.3 is 20.1 Å². The molecule has 0 radical (unpaired) electrons. The van der Waals surface area contributed by atoms with Crippen molar-refractivity contribution in [1.82, 2.24) is 10.2 Å². The third kappa shape index (κ3) is 4.78. The summed E-state index contributed by atoms with van der Waals surface area (Å²) in [5.41, 5.74) is 0.899. The molecule has 0 amide bonds. The quantitative estimate of drug-likeness (QED) is 0.712. The summed E-state index contributed by atoms with van der Waals surface area (Å²) in [6.07, 6.45) is 3.37. The lowest BCUT2D eigenvalue weighted by molar-refractivity contribution is 0.173. The van der Waals surface area contributed by atoms with Gasteiger partial charge in [-0.05, 0) is 63.1 Å². The number of hydrogen-bond donors (Lipinski definition) is 2. The lowest BCUT2D eigenvalue weighted by atomic mass is 10.1. The van der Waals surface area contributed by atoms with Crippen molar-refractivity contribution in [3.63, 3.8) is 0 Å². The second kappa shape index (κ2) is 8.25. The maximum absolute atomic E-state index is 10.1. The maximum atomic E-state index is 10.1. The van der Waals surface area contributed by atoms with Gasteiger partial charge in [-0.3, -0.25) is 0 Å². The first kappa shape index (κ1) is 15.3. The van der Waals surface area contributed by atoms with E-state index in [9.17, 15) is 5.11 Å². The summed E-state index contributed by atoms with van der Waals surface area (Å²) in [6, 6.07) is 7.61. The van der Waals surface area contributed by atoms with E-state index < -0.39 is 6.10 Å². The number of nitrogens with one attached hydrogen (secondary N) is 1. The van der Waals surface area contributed by atoms with E-state index in [-0.39, 0.29) is 0 Å². The van der Waals surface area contributed by atoms with Crippen LogP contribution in [0, 0.1) is 0 Å². The largest absolute Gasteiger partial charge is 0.497 e. The van der Waals surface area contributed by atoms with Crippen LogP contribution in [0.4, 0.5) is 0 Å². The van der Waals surface area contributed by atoms with E-state index in [1.54, 1.807) is 7.11 Å². The van der Waals surface area contributed by atoms with E-state index in [1.165, 1.54) is 32.5 Å². The van der Waals surface area contributed by atoms with Gasteiger partial charge in [0.2, 0.25) is 0 Å². The van der Waals surface area contributed by atoms with Crippen LogP contribution in [0.15, 0.2) is 24.3 Å². The van der Waals surface area contributed by atoms with Gasteiger partial charge in [0.15, 0.2) is 0 Å². The Morgan fingerprint density at radius 3 is 2.90 bits per heavy atom. The van der Waals surface area contributed by atoms with Crippen LogP contribution in [0.2, 0.25) is 0 Å². The van der Waals surface area contributed by atoms with E-state index in [4.69, 9.17) is 4.74 Å². The molecule has 20 heavy (non-hydrogen) atoms. The first-order valence-electron chi connectivity index (χ1n) is 7.54. The van der Waals surface area contributed by atoms with Gasteiger partial charge in [-0.2, -0.15) is 0 Å². The van der Waals surface area contributed by atoms with E-state index in [0.29, 0.717) is 6.54 Å². The number of ether oxygens (including phenoxy) is 1. The molecule has 1 heterocycles. The molecule has 2 rings (SSSR count). The zero-order valence-electron chi connectivity index (χ0n) is 12.3. The minimum atomic E-state index is -0.475. The van der Waals surface area contributed by atoms with Gasteiger partial charge in [0.25, 0.3) is 0 Å². The molecule has 1 fully saturated rings. The van der Waals surface area contributed by atoms with Gasteiger partial charge in [-0.25, -0.2) is 0 Å². The number of nitrogens with zero attached hydrogens (tertiary/aromatic N) is 1. The van der Waals surface area contributed by atoms with Crippen LogP contribution in [0.25, 0.3) is 0 Å². The van der Waals surface area contributed by atoms with Crippen LogP contribution >= 0.6 is 0 Å². The Morgan fingerprint density at radius 2 is 2.15 bits per heavy atom. The molecule has 1 aromatic rings. The molecule has 1 atom stereocenters. The molecule has 0 spiro atoms. The van der Waals surface area contributed by atoms with E-state index in [2.05, 4.69) is 10.2 Å². The molecular formula is C16H26N2O2. The Balaban J connectivity index is 1.62. The summed E-state index contributed by atoms with van der Waals surface area (Å²) in [5, 5.41) is 13.5. The number of aliphatic hydroxyl groups is 1. The van der Waals surface area contributed by atoms with Crippen LogP contribution in [-0.4, -0.2) is 49.8 Å². The van der Waals surface area contributed by atoms with Crippen molar-refractivity contribution in [2.24, 2.45) is 0 Å². The summed E-state index contributed by atoms with van der Waals surface area (Å²) in [5.74, 6) is 0.788. The smallest absolute Gasteiger partial charge is 0.119 e. The highest BCUT2D eigenvalue weighted by molar-refractivity contribution is 5.29. The number of aliphatic hydroxyl groups excluding tert-OH is 1. The van der Waals surface area contributed by atoms with E-state index in [1.807, 2.05) is 24.3 Å². The summed E-state index contributed by atoms with van der Waals surface area (Å²) in [4.78, 5) is 2.51. The molecule has 4 heteroatoms. The van der Waals surface area contributed by atoms with E-state index >= 15 is 0 Å². The minimum absolute atomic E-state index is 0.475. The van der Waals surface area contributed by atoms with Crippen molar-refractivity contribution >= 4 is 0 Å². The van der Waals surface area contributed by atoms with Crippen molar-refractivity contribution in [2.45, 2.75) is 25.4 Å². The second-order valence-corrected chi connectivity index (χ2v) is 5.40. The van der Waals surface area contributed by atoms with Crippen LogP contribution in [-0.2, 0) is 0 Å². The Morgan fingerprint density at radius 1 is 1.35 bits per heavy atom. The highest BCUT2D eigenvalue weighted by atomic mass is 16.5. The summed E-state index contributed by atoms with van der Waals surface area (Å²) < 4.78 is 5.17. The summed E-state index contributed by atoms with van der Waals surface area (Å²) >= 11 is 0. The SMILES string of the molecule is COc1cccc(C(O)CNCCCN2CCCC2)c1. The Labute approximate surface area is 121 Å². The molecule has 4 nitrogen and oxygen atoms in total. The van der Waals surface area contributed by atoms with Crippen LogP contribution in [0.3, 0.4) is 0 Å². The van der Waals surface area contributed by atoms with Gasteiger partial charge in [-0.15, -0.1) is 0 Å². The molecule has 0 bridgehead atoms. The van der Waals surface area contributed by atoms with Gasteiger partial charge >= 0.3 is 0 Å². The lowest BCUT2D eigenvalue weighted by Gasteiger charge is -2.16. The van der Waals surface area contributed by atoms with Gasteiger partial charge in [0.1, 0.15) is 5.75 Å². The average molecular weight is 278 g/mol. The van der Waals surface area contributed by atoms with Gasteiger partial charge in [-0.1, -0.05) is 12.1 Å². The van der Waals surface area contributed by atoms with Crippen LogP contribution < -0.4 is 10.1 Å². The molecule has 1 saturated heterocycles. The molecule has 1 aromatic carbocycles. The number of benzene rings is 1. The number of likely N-dealkylation sites (tertiary alicyclic amines) is 1. The molecule has 2 N–H and O–H groups in total. The fourth-order valence-electron chi connectivity index (χ4n) is 2.64. The molecule has 1 unspecified atom stereocenters. The Kier molecular flexibility index (Phi) is 6.30. The summed E-state index contributed by atoms with van der Waals surface area (Å²) in [6.45, 7) is 5.23. The Bertz CT molecular complexity index is 392. The van der Waals surface area contributed by atoms with Crippen molar-refractivity contribution < 1.29 is 9.84 Å². The zero-order chi connectivity index (χ0) is 14.2. The predicted octanol–water partition coefficient (Wildman–Crippen LogP) is 1.80. The third-order valence-corrected chi connectivity index (χ3v) is 3.84. The molecule has 112 valence electrons. The molecule has 0 saturated carbocycles. The van der Waals surface area contributed by atoms with Crippen LogP contribution in [0.1, 0.15) is 30.9 Å². The maximum Gasteiger partial charge on any atom is 0.119 e. The standard InChI is InChI=1S/C16H26N2O2/c1-20-15-7-4-6-14(12-15)16(19)13-17-8-5-11-18-9-2-3-10-18/h4,6-7,12,16-17,19H,2-3,5,8-11,13H2,1H3. The minimum Gasteiger partial charge on any atom is -0.497 e. The normalized spacial score (nSPS) is 17.3. The summed E-state index contributed by atoms with van der Waals surface area (Å²) in [7, 11) is 1.64. The molecular weight excluding hydrogens is 252 g/mol. The van der Waals surface area contributed by atoms with Crippen molar-refractivity contribution in [3.05, 3.63) is 29.8 Å². The Hall–Kier alpha value is -1.10. The first-order valence-corrected chi connectivity index (χ1v) is 7.54. The molecule has 1 aliphatic heterocycles. The molecule has 0 aliphatic carbocycles. The van der Waals surface area contributed by atoms with Crippen molar-refractivity contribution in [1.29, 1.82) is 0 Å². The van der Waals surface area contributed by atoms with Gasteiger partial charge in [0, 0.05) is 6.54 Å². The number of methoxy groups -OCH3 is 1. The number of rotatable bonds is 8. The fourth-order valence-corrected chi connectivity index (χ4v) is 2.64. The predicted molar refractivity (Wildman–Crippen MR) is 81.1 cm³/mol. The zero-order valence-corrected chi connectivity index (χ0v) is 12.3. The van der Waals surface area contributed by atoms with E-state index in [0.717, 1.165) is 24.3 Å². The highest BCUT2D eigenvalue weighted by Crippen LogP contribution is 2.18. The lowest BCUT2D eigenvalue weighted by Crippen LogP contribution is -2.27. The molecule has 1 aliphatic rings. The number of hydrogen-bond acceptors (Lipinski definition) is 4. The second-order valence-electron chi connectivity index (χ2n) is 5.40. The molecule has 0 aromatic heterocycles. The fraction of sp³-hybridized carbons (Fsp3) is 0.625. The monoisotopic (exact) mass is 278 g/mol.